The minimum atomic E-state index is -0.450. The van der Waals surface area contributed by atoms with E-state index in [1.807, 2.05) is 36.4 Å². The van der Waals surface area contributed by atoms with Crippen molar-refractivity contribution >= 4 is 12.1 Å². The lowest BCUT2D eigenvalue weighted by atomic mass is 9.90. The SMILES string of the molecule is COc1cc2c(cc1/C(N)=N/N(C)N)-c1c(CC(C)(C)OCc3ccccc3)cc(C=O)n1CC2. The number of aldehydes is 1. The zero-order chi connectivity index (χ0) is 25.2. The summed E-state index contributed by atoms with van der Waals surface area (Å²) in [4.78, 5) is 11.9. The van der Waals surface area contributed by atoms with Crippen LogP contribution in [-0.2, 0) is 30.7 Å². The number of nitrogens with zero attached hydrogens (tertiary/aromatic N) is 3. The molecule has 0 saturated carbocycles. The fourth-order valence-corrected chi connectivity index (χ4v) is 4.66. The summed E-state index contributed by atoms with van der Waals surface area (Å²) < 4.78 is 14.0. The largest absolute Gasteiger partial charge is 0.496 e. The molecule has 0 radical (unpaired) electrons. The summed E-state index contributed by atoms with van der Waals surface area (Å²) >= 11 is 0. The number of carbonyl (C=O) groups is 1. The van der Waals surface area contributed by atoms with Gasteiger partial charge in [-0.05, 0) is 55.2 Å². The molecule has 2 aromatic carbocycles. The van der Waals surface area contributed by atoms with Crippen LogP contribution in [0.2, 0.25) is 0 Å². The van der Waals surface area contributed by atoms with Crippen LogP contribution in [0.15, 0.2) is 53.6 Å². The number of carbonyl (C=O) groups excluding carboxylic acids is 1. The van der Waals surface area contributed by atoms with E-state index in [1.54, 1.807) is 14.2 Å². The molecule has 0 bridgehead atoms. The Labute approximate surface area is 206 Å². The van der Waals surface area contributed by atoms with Gasteiger partial charge in [0.05, 0.1) is 36.3 Å². The first-order chi connectivity index (χ1) is 16.7. The lowest BCUT2D eigenvalue weighted by molar-refractivity contribution is -0.0286. The number of rotatable bonds is 9. The summed E-state index contributed by atoms with van der Waals surface area (Å²) in [5, 5.41) is 5.33. The van der Waals surface area contributed by atoms with Gasteiger partial charge in [0.1, 0.15) is 5.75 Å². The molecular formula is C27H33N5O3. The van der Waals surface area contributed by atoms with Crippen molar-refractivity contribution in [3.05, 3.63) is 76.5 Å². The second-order valence-electron chi connectivity index (χ2n) is 9.44. The van der Waals surface area contributed by atoms with Gasteiger partial charge in [0.15, 0.2) is 12.1 Å². The molecule has 8 nitrogen and oxygen atoms in total. The third-order valence-electron chi connectivity index (χ3n) is 6.24. The highest BCUT2D eigenvalue weighted by Gasteiger charge is 2.29. The van der Waals surface area contributed by atoms with Crippen molar-refractivity contribution in [2.45, 2.75) is 45.4 Å². The number of amidine groups is 1. The Morgan fingerprint density at radius 1 is 1.23 bits per heavy atom. The lowest BCUT2D eigenvalue weighted by Gasteiger charge is -2.28. The number of hydrogen-bond acceptors (Lipinski definition) is 6. The summed E-state index contributed by atoms with van der Waals surface area (Å²) in [6.07, 6.45) is 2.33. The molecule has 35 heavy (non-hydrogen) atoms. The Morgan fingerprint density at radius 3 is 2.63 bits per heavy atom. The van der Waals surface area contributed by atoms with Gasteiger partial charge in [-0.2, -0.15) is 0 Å². The number of fused-ring (bicyclic) bond motifs is 3. The number of aryl methyl sites for hydroxylation is 1. The fraction of sp³-hybridized carbons (Fsp3) is 0.333. The van der Waals surface area contributed by atoms with Crippen molar-refractivity contribution in [2.75, 3.05) is 14.2 Å². The lowest BCUT2D eigenvalue weighted by Crippen LogP contribution is -2.28. The molecule has 0 spiro atoms. The maximum Gasteiger partial charge on any atom is 0.166 e. The van der Waals surface area contributed by atoms with E-state index >= 15 is 0 Å². The molecule has 2 heterocycles. The number of aromatic nitrogens is 1. The number of benzene rings is 2. The molecule has 4 rings (SSSR count). The summed E-state index contributed by atoms with van der Waals surface area (Å²) in [6, 6.07) is 16.1. The third-order valence-corrected chi connectivity index (χ3v) is 6.24. The van der Waals surface area contributed by atoms with Crippen LogP contribution < -0.4 is 16.3 Å². The van der Waals surface area contributed by atoms with Crippen LogP contribution in [0.1, 0.15) is 46.6 Å². The van der Waals surface area contributed by atoms with E-state index < -0.39 is 5.60 Å². The van der Waals surface area contributed by atoms with Crippen molar-refractivity contribution < 1.29 is 14.3 Å². The summed E-state index contributed by atoms with van der Waals surface area (Å²) in [7, 11) is 3.22. The fourth-order valence-electron chi connectivity index (χ4n) is 4.66. The van der Waals surface area contributed by atoms with Crippen LogP contribution in [0.5, 0.6) is 5.75 Å². The summed E-state index contributed by atoms with van der Waals surface area (Å²) in [5.41, 5.74) is 12.4. The van der Waals surface area contributed by atoms with Gasteiger partial charge in [-0.25, -0.2) is 11.0 Å². The molecular weight excluding hydrogens is 442 g/mol. The molecule has 1 aliphatic rings. The number of nitrogens with two attached hydrogens (primary N) is 2. The topological polar surface area (TPSA) is 108 Å². The molecule has 3 aromatic rings. The van der Waals surface area contributed by atoms with Gasteiger partial charge in [-0.3, -0.25) is 4.79 Å². The number of hydrogen-bond donors (Lipinski definition) is 2. The Kier molecular flexibility index (Phi) is 6.95. The Balaban J connectivity index is 1.74. The second-order valence-corrected chi connectivity index (χ2v) is 9.44. The highest BCUT2D eigenvalue weighted by Crippen LogP contribution is 2.39. The number of hydrazine groups is 1. The molecule has 1 aliphatic heterocycles. The van der Waals surface area contributed by atoms with E-state index in [-0.39, 0.29) is 5.84 Å². The zero-order valence-corrected chi connectivity index (χ0v) is 20.7. The van der Waals surface area contributed by atoms with Crippen LogP contribution in [-0.4, -0.2) is 41.6 Å². The second kappa shape index (κ2) is 9.93. The average Bonchev–Trinajstić information content (AvgIpc) is 3.19. The predicted octanol–water partition coefficient (Wildman–Crippen LogP) is 3.50. The molecule has 0 atom stereocenters. The first-order valence-electron chi connectivity index (χ1n) is 11.6. The number of methoxy groups -OCH3 is 1. The van der Waals surface area contributed by atoms with Gasteiger partial charge in [0.2, 0.25) is 0 Å². The molecule has 0 amide bonds. The van der Waals surface area contributed by atoms with Gasteiger partial charge >= 0.3 is 0 Å². The van der Waals surface area contributed by atoms with Crippen molar-refractivity contribution in [1.29, 1.82) is 0 Å². The van der Waals surface area contributed by atoms with Crippen LogP contribution >= 0.6 is 0 Å². The Morgan fingerprint density at radius 2 is 1.97 bits per heavy atom. The summed E-state index contributed by atoms with van der Waals surface area (Å²) in [5.74, 6) is 6.58. The normalized spacial score (nSPS) is 13.2. The van der Waals surface area contributed by atoms with E-state index in [0.29, 0.717) is 36.6 Å². The van der Waals surface area contributed by atoms with Crippen LogP contribution in [0, 0.1) is 0 Å². The molecule has 8 heteroatoms. The van der Waals surface area contributed by atoms with Crippen molar-refractivity contribution in [3.8, 4) is 17.0 Å². The highest BCUT2D eigenvalue weighted by atomic mass is 16.5. The maximum atomic E-state index is 11.9. The minimum absolute atomic E-state index is 0.252. The van der Waals surface area contributed by atoms with Gasteiger partial charge in [-0.1, -0.05) is 30.3 Å². The molecule has 1 aromatic heterocycles. The van der Waals surface area contributed by atoms with Crippen LogP contribution in [0.3, 0.4) is 0 Å². The zero-order valence-electron chi connectivity index (χ0n) is 20.7. The molecule has 184 valence electrons. The van der Waals surface area contributed by atoms with Gasteiger partial charge < -0.3 is 19.8 Å². The monoisotopic (exact) mass is 475 g/mol. The van der Waals surface area contributed by atoms with E-state index in [1.165, 1.54) is 5.12 Å². The minimum Gasteiger partial charge on any atom is -0.496 e. The standard InChI is InChI=1S/C27H33N5O3/c1-27(2,35-17-18-8-6-5-7-9-18)15-20-12-21(16-33)32-11-10-19-13-24(34-4)23(14-22(19)25(20)32)26(28)30-31(3)29/h5-9,12-14,16H,10-11,15,17,29H2,1-4H3,(H2,28,30). The van der Waals surface area contributed by atoms with Crippen LogP contribution in [0.4, 0.5) is 0 Å². The quantitative estimate of drug-likeness (QED) is 0.161. The van der Waals surface area contributed by atoms with Crippen LogP contribution in [0.25, 0.3) is 11.3 Å². The van der Waals surface area contributed by atoms with E-state index in [0.717, 1.165) is 40.7 Å². The van der Waals surface area contributed by atoms with E-state index in [4.69, 9.17) is 21.1 Å². The molecule has 0 saturated heterocycles. The predicted molar refractivity (Wildman–Crippen MR) is 137 cm³/mol. The Bertz CT molecular complexity index is 1250. The Hall–Kier alpha value is -3.62. The molecule has 4 N–H and O–H groups in total. The van der Waals surface area contributed by atoms with Crippen molar-refractivity contribution in [1.82, 2.24) is 9.69 Å². The number of ether oxygens (including phenoxy) is 2. The molecule has 0 aliphatic carbocycles. The van der Waals surface area contributed by atoms with Gasteiger partial charge in [0, 0.05) is 25.6 Å². The van der Waals surface area contributed by atoms with E-state index in [9.17, 15) is 4.79 Å². The van der Waals surface area contributed by atoms with E-state index in [2.05, 4.69) is 35.6 Å². The smallest absolute Gasteiger partial charge is 0.166 e. The molecule has 0 unspecified atom stereocenters. The van der Waals surface area contributed by atoms with Crippen molar-refractivity contribution in [3.63, 3.8) is 0 Å². The van der Waals surface area contributed by atoms with Crippen molar-refractivity contribution in [2.24, 2.45) is 16.7 Å². The molecule has 0 fully saturated rings. The number of hydrazone groups is 1. The maximum absolute atomic E-state index is 11.9. The first kappa shape index (κ1) is 24.5. The highest BCUT2D eigenvalue weighted by molar-refractivity contribution is 6.01. The first-order valence-corrected chi connectivity index (χ1v) is 11.6. The summed E-state index contributed by atoms with van der Waals surface area (Å²) in [6.45, 7) is 5.37. The van der Waals surface area contributed by atoms with Gasteiger partial charge in [-0.15, -0.1) is 5.10 Å². The third kappa shape index (κ3) is 5.23. The average molecular weight is 476 g/mol. The van der Waals surface area contributed by atoms with Gasteiger partial charge in [0.25, 0.3) is 0 Å².